The molecule has 1 saturated carbocycles. The predicted octanol–water partition coefficient (Wildman–Crippen LogP) is 5.25. The van der Waals surface area contributed by atoms with E-state index in [9.17, 15) is 24.6 Å². The minimum absolute atomic E-state index is 0.0460. The first kappa shape index (κ1) is 20.7. The lowest BCUT2D eigenvalue weighted by Gasteiger charge is -2.49. The molecule has 0 bridgehead atoms. The Morgan fingerprint density at radius 3 is 2.28 bits per heavy atom. The molecular weight excluding hydrogens is 370 g/mol. The Bertz CT molecular complexity index is 999. The summed E-state index contributed by atoms with van der Waals surface area (Å²) in [5, 5.41) is 38.2. The molecule has 1 aromatic rings. The summed E-state index contributed by atoms with van der Waals surface area (Å²) >= 11 is 0. The van der Waals surface area contributed by atoms with E-state index < -0.39 is 28.9 Å². The Morgan fingerprint density at radius 2 is 1.76 bits per heavy atom. The number of hydrogen-bond acceptors (Lipinski definition) is 4. The summed E-state index contributed by atoms with van der Waals surface area (Å²) in [6.07, 6.45) is 3.30. The first-order valence-electron chi connectivity index (χ1n) is 9.56. The first-order chi connectivity index (χ1) is 13.6. The van der Waals surface area contributed by atoms with Crippen LogP contribution >= 0.6 is 0 Å². The zero-order chi connectivity index (χ0) is 21.6. The molecule has 0 spiro atoms. The van der Waals surface area contributed by atoms with Gasteiger partial charge in [-0.2, -0.15) is 15.8 Å². The van der Waals surface area contributed by atoms with Crippen molar-refractivity contribution < 1.29 is 8.78 Å². The molecule has 1 aromatic carbocycles. The Hall–Kier alpha value is -3.04. The number of fused-ring (bicyclic) bond motifs is 1. The molecule has 1 N–H and O–H groups in total. The number of nitriles is 3. The number of benzene rings is 1. The molecule has 4 nitrogen and oxygen atoms in total. The van der Waals surface area contributed by atoms with Crippen LogP contribution in [0.4, 0.5) is 8.78 Å². The monoisotopic (exact) mass is 392 g/mol. The van der Waals surface area contributed by atoms with Gasteiger partial charge >= 0.3 is 0 Å². The van der Waals surface area contributed by atoms with Gasteiger partial charge in [0.25, 0.3) is 0 Å². The van der Waals surface area contributed by atoms with Crippen molar-refractivity contribution in [3.63, 3.8) is 0 Å². The fourth-order valence-corrected chi connectivity index (χ4v) is 4.81. The number of hydrogen-bond donors (Lipinski definition) is 1. The third-order valence-corrected chi connectivity index (χ3v) is 6.53. The number of allylic oxidation sites excluding steroid dienone is 2. The molecule has 0 amide bonds. The molecule has 3 rings (SSSR count). The third kappa shape index (κ3) is 3.12. The lowest BCUT2D eigenvalue weighted by molar-refractivity contribution is 0.168. The summed E-state index contributed by atoms with van der Waals surface area (Å²) in [5.74, 6) is -4.03. The smallest absolute Gasteiger partial charge is 0.189 e. The van der Waals surface area contributed by atoms with E-state index in [1.54, 1.807) is 0 Å². The normalized spacial score (nSPS) is 28.3. The minimum Gasteiger partial charge on any atom is -0.305 e. The Labute approximate surface area is 169 Å². The van der Waals surface area contributed by atoms with Crippen molar-refractivity contribution in [3.8, 4) is 18.2 Å². The highest BCUT2D eigenvalue weighted by molar-refractivity contribution is 6.00. The third-order valence-electron chi connectivity index (χ3n) is 6.53. The van der Waals surface area contributed by atoms with Crippen LogP contribution in [-0.4, -0.2) is 5.71 Å². The second kappa shape index (κ2) is 7.09. The van der Waals surface area contributed by atoms with Crippen LogP contribution in [0.2, 0.25) is 0 Å². The molecular formula is C23H22F2N4. The van der Waals surface area contributed by atoms with E-state index >= 15 is 0 Å². The second-order valence-electron chi connectivity index (χ2n) is 9.00. The van der Waals surface area contributed by atoms with E-state index in [0.29, 0.717) is 17.6 Å². The lowest BCUT2D eigenvalue weighted by Crippen LogP contribution is -2.50. The van der Waals surface area contributed by atoms with E-state index in [0.717, 1.165) is 18.6 Å². The summed E-state index contributed by atoms with van der Waals surface area (Å²) in [5.41, 5.74) is -1.22. The van der Waals surface area contributed by atoms with Crippen LogP contribution in [-0.2, 0) is 0 Å². The molecule has 1 fully saturated rings. The minimum atomic E-state index is -1.91. The second-order valence-corrected chi connectivity index (χ2v) is 9.00. The maximum Gasteiger partial charge on any atom is 0.189 e. The molecule has 29 heavy (non-hydrogen) atoms. The molecule has 0 aromatic heterocycles. The van der Waals surface area contributed by atoms with Gasteiger partial charge in [0.2, 0.25) is 0 Å². The Morgan fingerprint density at radius 1 is 1.10 bits per heavy atom. The highest BCUT2D eigenvalue weighted by Crippen LogP contribution is 2.57. The molecule has 0 radical (unpaired) electrons. The largest absolute Gasteiger partial charge is 0.305 e. The predicted molar refractivity (Wildman–Crippen MR) is 103 cm³/mol. The standard InChI is InChI=1S/C23H22F2N4/c1-22(2,3)14-5-6-15-16(9-14)20(13-4-7-18(24)19(25)8-13)23(11-27,12-28)21(29)17(15)10-26/h4,6-8,14,16-17,20,29H,5,9H2,1-3H3/t14-,16+,17?,20-/m0/s1. The van der Waals surface area contributed by atoms with Crippen LogP contribution in [0.1, 0.15) is 45.1 Å². The van der Waals surface area contributed by atoms with Gasteiger partial charge in [0.1, 0.15) is 5.92 Å². The van der Waals surface area contributed by atoms with E-state index in [1.165, 1.54) is 6.07 Å². The van der Waals surface area contributed by atoms with E-state index in [4.69, 9.17) is 5.41 Å². The molecule has 0 aliphatic heterocycles. The summed E-state index contributed by atoms with van der Waals surface area (Å²) in [4.78, 5) is 0. The highest BCUT2D eigenvalue weighted by Gasteiger charge is 2.58. The maximum atomic E-state index is 14.1. The van der Waals surface area contributed by atoms with E-state index in [1.807, 2.05) is 18.2 Å². The van der Waals surface area contributed by atoms with Crippen LogP contribution in [0, 0.1) is 79.6 Å². The molecule has 6 heteroatoms. The highest BCUT2D eigenvalue weighted by atomic mass is 19.2. The summed E-state index contributed by atoms with van der Waals surface area (Å²) < 4.78 is 27.6. The summed E-state index contributed by atoms with van der Waals surface area (Å²) in [6, 6.07) is 9.41. The van der Waals surface area contributed by atoms with Gasteiger partial charge in [-0.05, 0) is 53.4 Å². The SMILES string of the molecule is CC(C)(C)[C@H]1CC=C2C(C#N)C(=N)C(C#N)(C#N)[C@@H](c3ccc(F)c(F)c3)[C@@H]2C1. The van der Waals surface area contributed by atoms with Crippen molar-refractivity contribution in [3.05, 3.63) is 47.0 Å². The van der Waals surface area contributed by atoms with Gasteiger partial charge in [0.05, 0.1) is 23.9 Å². The molecule has 0 heterocycles. The van der Waals surface area contributed by atoms with Gasteiger partial charge in [0, 0.05) is 5.92 Å². The van der Waals surface area contributed by atoms with Crippen molar-refractivity contribution >= 4 is 5.71 Å². The zero-order valence-corrected chi connectivity index (χ0v) is 16.6. The van der Waals surface area contributed by atoms with Gasteiger partial charge in [-0.25, -0.2) is 8.78 Å². The quantitative estimate of drug-likeness (QED) is 0.661. The zero-order valence-electron chi connectivity index (χ0n) is 16.6. The summed E-state index contributed by atoms with van der Waals surface area (Å²) in [6.45, 7) is 6.33. The van der Waals surface area contributed by atoms with Crippen molar-refractivity contribution in [2.75, 3.05) is 0 Å². The maximum absolute atomic E-state index is 14.1. The fraction of sp³-hybridized carbons (Fsp3) is 0.478. The summed E-state index contributed by atoms with van der Waals surface area (Å²) in [7, 11) is 0. The average Bonchev–Trinajstić information content (AvgIpc) is 2.68. The van der Waals surface area contributed by atoms with Crippen LogP contribution in [0.5, 0.6) is 0 Å². The number of nitrogens with one attached hydrogen (secondary N) is 1. The molecule has 2 aliphatic rings. The van der Waals surface area contributed by atoms with Crippen LogP contribution < -0.4 is 0 Å². The van der Waals surface area contributed by atoms with Crippen LogP contribution in [0.25, 0.3) is 0 Å². The fourth-order valence-electron chi connectivity index (χ4n) is 4.81. The van der Waals surface area contributed by atoms with Gasteiger partial charge in [0.15, 0.2) is 17.0 Å². The van der Waals surface area contributed by atoms with E-state index in [2.05, 4.69) is 26.8 Å². The molecule has 0 saturated heterocycles. The lowest BCUT2D eigenvalue weighted by atomic mass is 9.51. The molecule has 1 unspecified atom stereocenters. The number of halogens is 2. The van der Waals surface area contributed by atoms with Gasteiger partial charge in [-0.3, -0.25) is 0 Å². The average molecular weight is 392 g/mol. The number of rotatable bonds is 1. The van der Waals surface area contributed by atoms with Gasteiger partial charge in [-0.15, -0.1) is 0 Å². The van der Waals surface area contributed by atoms with Gasteiger partial charge < -0.3 is 5.41 Å². The van der Waals surface area contributed by atoms with Crippen molar-refractivity contribution in [2.24, 2.45) is 28.6 Å². The Kier molecular flexibility index (Phi) is 5.06. The molecule has 4 atom stereocenters. The van der Waals surface area contributed by atoms with E-state index in [-0.39, 0.29) is 23.0 Å². The van der Waals surface area contributed by atoms with Crippen molar-refractivity contribution in [1.29, 1.82) is 21.2 Å². The van der Waals surface area contributed by atoms with Crippen molar-refractivity contribution in [1.82, 2.24) is 0 Å². The topological polar surface area (TPSA) is 95.2 Å². The van der Waals surface area contributed by atoms with Gasteiger partial charge in [-0.1, -0.05) is 32.9 Å². The Balaban J connectivity index is 2.27. The van der Waals surface area contributed by atoms with Crippen LogP contribution in [0.15, 0.2) is 29.8 Å². The molecule has 2 aliphatic carbocycles. The first-order valence-corrected chi connectivity index (χ1v) is 9.56. The number of nitrogens with zero attached hydrogens (tertiary/aromatic N) is 3. The van der Waals surface area contributed by atoms with Crippen molar-refractivity contribution in [2.45, 2.75) is 39.5 Å². The molecule has 148 valence electrons. The van der Waals surface area contributed by atoms with Crippen LogP contribution in [0.3, 0.4) is 0 Å².